The van der Waals surface area contributed by atoms with E-state index in [9.17, 15) is 0 Å². The van der Waals surface area contributed by atoms with Crippen LogP contribution in [0.25, 0.3) is 0 Å². The Morgan fingerprint density at radius 2 is 2.33 bits per heavy atom. The molecule has 0 aromatic heterocycles. The fraction of sp³-hybridized carbons (Fsp3) is 0.833. The minimum Gasteiger partial charge on any atom is -0.185 e. The van der Waals surface area contributed by atoms with Gasteiger partial charge in [0.1, 0.15) is 5.40 Å². The van der Waals surface area contributed by atoms with Crippen LogP contribution in [-0.4, -0.2) is 17.3 Å². The first kappa shape index (κ1) is 9.19. The summed E-state index contributed by atoms with van der Waals surface area (Å²) in [6.45, 7) is 2.18. The Balaban J connectivity index is 2.99. The van der Waals surface area contributed by atoms with E-state index >= 15 is 0 Å². The van der Waals surface area contributed by atoms with Crippen LogP contribution in [0, 0.1) is 10.7 Å². The zero-order chi connectivity index (χ0) is 7.11. The molecule has 0 bridgehead atoms. The first-order valence-corrected chi connectivity index (χ1v) is 5.12. The third-order valence-electron chi connectivity index (χ3n) is 1.09. The predicted molar refractivity (Wildman–Crippen MR) is 45.7 cm³/mol. The van der Waals surface area contributed by atoms with Gasteiger partial charge >= 0.3 is 0 Å². The van der Waals surface area contributed by atoms with Crippen molar-refractivity contribution in [3.8, 4) is 5.40 Å². The standard InChI is InChI=1S/C6H11NS2/c1-6(8-2)3-4-9-5-7/h6H,3-4H2,1-2H3. The fourth-order valence-corrected chi connectivity index (χ4v) is 1.45. The second kappa shape index (κ2) is 6.31. The summed E-state index contributed by atoms with van der Waals surface area (Å²) in [5, 5.41) is 10.9. The fourth-order valence-electron chi connectivity index (χ4n) is 0.388. The molecule has 0 saturated heterocycles. The third-order valence-corrected chi connectivity index (χ3v) is 2.70. The van der Waals surface area contributed by atoms with Crippen LogP contribution >= 0.6 is 23.5 Å². The Labute approximate surface area is 65.2 Å². The van der Waals surface area contributed by atoms with Crippen molar-refractivity contribution >= 4 is 23.5 Å². The van der Waals surface area contributed by atoms with Gasteiger partial charge in [-0.3, -0.25) is 0 Å². The molecule has 1 unspecified atom stereocenters. The number of nitriles is 1. The van der Waals surface area contributed by atoms with Crippen molar-refractivity contribution in [3.05, 3.63) is 0 Å². The van der Waals surface area contributed by atoms with Crippen LogP contribution in [0.5, 0.6) is 0 Å². The Morgan fingerprint density at radius 1 is 1.67 bits per heavy atom. The minimum absolute atomic E-state index is 0.700. The highest BCUT2D eigenvalue weighted by Gasteiger charge is 1.96. The van der Waals surface area contributed by atoms with Crippen molar-refractivity contribution in [1.82, 2.24) is 0 Å². The van der Waals surface area contributed by atoms with Crippen LogP contribution in [0.15, 0.2) is 0 Å². The van der Waals surface area contributed by atoms with Crippen molar-refractivity contribution in [1.29, 1.82) is 5.26 Å². The number of nitrogens with zero attached hydrogens (tertiary/aromatic N) is 1. The zero-order valence-corrected chi connectivity index (χ0v) is 7.39. The minimum atomic E-state index is 0.700. The zero-order valence-electron chi connectivity index (χ0n) is 5.76. The monoisotopic (exact) mass is 161 g/mol. The lowest BCUT2D eigenvalue weighted by Gasteiger charge is -2.03. The molecule has 9 heavy (non-hydrogen) atoms. The van der Waals surface area contributed by atoms with Crippen LogP contribution in [0.1, 0.15) is 13.3 Å². The lowest BCUT2D eigenvalue weighted by molar-refractivity contribution is 0.921. The van der Waals surface area contributed by atoms with E-state index in [4.69, 9.17) is 5.26 Å². The summed E-state index contributed by atoms with van der Waals surface area (Å²) in [4.78, 5) is 0. The number of hydrogen-bond donors (Lipinski definition) is 0. The molecule has 0 amide bonds. The summed E-state index contributed by atoms with van der Waals surface area (Å²) in [7, 11) is 0. The molecule has 0 aromatic rings. The van der Waals surface area contributed by atoms with Gasteiger partial charge < -0.3 is 0 Å². The van der Waals surface area contributed by atoms with E-state index in [1.807, 2.05) is 11.8 Å². The summed E-state index contributed by atoms with van der Waals surface area (Å²) in [6.07, 6.45) is 3.24. The maximum absolute atomic E-state index is 8.16. The first-order chi connectivity index (χ1) is 4.31. The number of hydrogen-bond acceptors (Lipinski definition) is 3. The van der Waals surface area contributed by atoms with E-state index in [1.165, 1.54) is 11.8 Å². The molecule has 0 aromatic carbocycles. The molecule has 0 aliphatic carbocycles. The molecule has 1 nitrogen and oxygen atoms in total. The van der Waals surface area contributed by atoms with Gasteiger partial charge in [-0.25, -0.2) is 0 Å². The maximum atomic E-state index is 8.16. The molecule has 0 fully saturated rings. The van der Waals surface area contributed by atoms with Crippen LogP contribution < -0.4 is 0 Å². The SMILES string of the molecule is CSC(C)CCSC#N. The van der Waals surface area contributed by atoms with Crippen LogP contribution in [0.4, 0.5) is 0 Å². The highest BCUT2D eigenvalue weighted by Crippen LogP contribution is 2.12. The van der Waals surface area contributed by atoms with Gasteiger partial charge in [-0.1, -0.05) is 6.92 Å². The summed E-state index contributed by atoms with van der Waals surface area (Å²) in [5.41, 5.74) is 0. The number of thiocyanates is 1. The lowest BCUT2D eigenvalue weighted by Crippen LogP contribution is -1.95. The van der Waals surface area contributed by atoms with E-state index in [-0.39, 0.29) is 0 Å². The molecule has 1 atom stereocenters. The molecule has 52 valence electrons. The maximum Gasteiger partial charge on any atom is 0.133 e. The van der Waals surface area contributed by atoms with Gasteiger partial charge in [0, 0.05) is 11.0 Å². The van der Waals surface area contributed by atoms with Gasteiger partial charge in [0.05, 0.1) is 0 Å². The van der Waals surface area contributed by atoms with Crippen LogP contribution in [0.2, 0.25) is 0 Å². The average Bonchev–Trinajstić information content (AvgIpc) is 1.89. The van der Waals surface area contributed by atoms with Crippen molar-refractivity contribution in [2.24, 2.45) is 0 Å². The molecule has 0 radical (unpaired) electrons. The second-order valence-electron chi connectivity index (χ2n) is 1.77. The summed E-state index contributed by atoms with van der Waals surface area (Å²) in [5.74, 6) is 0.971. The normalized spacial score (nSPS) is 12.6. The Bertz CT molecular complexity index is 97.7. The van der Waals surface area contributed by atoms with Gasteiger partial charge in [0.15, 0.2) is 0 Å². The molecule has 0 aliphatic rings. The Kier molecular flexibility index (Phi) is 6.45. The Hall–Kier alpha value is 0.190. The van der Waals surface area contributed by atoms with Gasteiger partial charge in [0.25, 0.3) is 0 Å². The second-order valence-corrected chi connectivity index (χ2v) is 3.93. The van der Waals surface area contributed by atoms with Crippen molar-refractivity contribution in [3.63, 3.8) is 0 Å². The van der Waals surface area contributed by atoms with Crippen LogP contribution in [-0.2, 0) is 0 Å². The Morgan fingerprint density at radius 3 is 2.78 bits per heavy atom. The average molecular weight is 161 g/mol. The largest absolute Gasteiger partial charge is 0.185 e. The van der Waals surface area contributed by atoms with E-state index in [0.29, 0.717) is 5.25 Å². The lowest BCUT2D eigenvalue weighted by atomic mass is 10.4. The molecular weight excluding hydrogens is 150 g/mol. The van der Waals surface area contributed by atoms with Gasteiger partial charge in [-0.2, -0.15) is 17.0 Å². The predicted octanol–water partition coefficient (Wildman–Crippen LogP) is 2.34. The highest BCUT2D eigenvalue weighted by molar-refractivity contribution is 8.03. The molecule has 0 saturated carbocycles. The smallest absolute Gasteiger partial charge is 0.133 e. The van der Waals surface area contributed by atoms with Crippen molar-refractivity contribution in [2.45, 2.75) is 18.6 Å². The molecular formula is C6H11NS2. The number of rotatable bonds is 4. The molecule has 3 heteroatoms. The van der Waals surface area contributed by atoms with Gasteiger partial charge in [-0.15, -0.1) is 0 Å². The van der Waals surface area contributed by atoms with E-state index in [0.717, 1.165) is 12.2 Å². The summed E-state index contributed by atoms with van der Waals surface area (Å²) < 4.78 is 0. The molecule has 0 aliphatic heterocycles. The van der Waals surface area contributed by atoms with Gasteiger partial charge in [-0.05, 0) is 24.4 Å². The molecule has 0 rings (SSSR count). The van der Waals surface area contributed by atoms with Crippen molar-refractivity contribution < 1.29 is 0 Å². The molecule has 0 spiro atoms. The summed E-state index contributed by atoms with van der Waals surface area (Å²) in [6, 6.07) is 0. The molecule has 0 heterocycles. The topological polar surface area (TPSA) is 23.8 Å². The third kappa shape index (κ3) is 6.07. The highest BCUT2D eigenvalue weighted by atomic mass is 32.2. The quantitative estimate of drug-likeness (QED) is 0.467. The van der Waals surface area contributed by atoms with Crippen LogP contribution in [0.3, 0.4) is 0 Å². The van der Waals surface area contributed by atoms with E-state index in [2.05, 4.69) is 18.6 Å². The first-order valence-electron chi connectivity index (χ1n) is 2.85. The number of thioether (sulfide) groups is 2. The van der Waals surface area contributed by atoms with E-state index in [1.54, 1.807) is 0 Å². The summed E-state index contributed by atoms with van der Waals surface area (Å²) >= 11 is 3.20. The van der Waals surface area contributed by atoms with Crippen molar-refractivity contribution in [2.75, 3.05) is 12.0 Å². The van der Waals surface area contributed by atoms with E-state index < -0.39 is 0 Å². The van der Waals surface area contributed by atoms with Gasteiger partial charge in [0.2, 0.25) is 0 Å². The molecule has 0 N–H and O–H groups in total.